The average molecular weight is 539 g/mol. The second kappa shape index (κ2) is 11.0. The molecule has 1 N–H and O–H groups in total. The van der Waals surface area contributed by atoms with E-state index in [1.807, 2.05) is 0 Å². The molecule has 0 spiro atoms. The summed E-state index contributed by atoms with van der Waals surface area (Å²) in [5, 5.41) is 11.8. The zero-order chi connectivity index (χ0) is 26.7. The number of nitrogens with zero attached hydrogens (tertiary/aromatic N) is 2. The molecule has 0 aliphatic carbocycles. The summed E-state index contributed by atoms with van der Waals surface area (Å²) < 4.78 is 10.8. The van der Waals surface area contributed by atoms with Crippen molar-refractivity contribution in [3.05, 3.63) is 93.5 Å². The van der Waals surface area contributed by atoms with Crippen LogP contribution in [-0.4, -0.2) is 41.0 Å². The number of hydrogen-bond donors (Lipinski definition) is 1. The van der Waals surface area contributed by atoms with Gasteiger partial charge in [0.1, 0.15) is 23.0 Å². The maximum absolute atomic E-state index is 13.4. The zero-order valence-corrected chi connectivity index (χ0v) is 21.6. The average Bonchev–Trinajstić information content (AvgIpc) is 3.40. The van der Waals surface area contributed by atoms with E-state index in [1.54, 1.807) is 68.5 Å². The van der Waals surface area contributed by atoms with Crippen LogP contribution in [0.4, 0.5) is 5.13 Å². The van der Waals surface area contributed by atoms with Crippen molar-refractivity contribution in [2.24, 2.45) is 0 Å². The highest BCUT2D eigenvalue weighted by molar-refractivity contribution is 7.17. The fourth-order valence-electron chi connectivity index (χ4n) is 3.91. The Labute approximate surface area is 222 Å². The number of aryl methyl sites for hydroxylation is 1. The molecule has 1 atom stereocenters. The second-order valence-corrected chi connectivity index (χ2v) is 9.39. The van der Waals surface area contributed by atoms with E-state index < -0.39 is 23.7 Å². The standard InChI is InChI=1S/C27H23ClN2O6S/c1-4-13-36-19-8-6-7-17(14-19)21-20(22(31)16-9-11-18(28)12-10-16)23(32)25(33)30(21)27-29-15(3)24(37-27)26(34)35-5-2/h4,6-12,14,21,31H,1,5,13H2,2-3H3/b22-20+. The number of ketones is 1. The molecule has 1 amide bonds. The van der Waals surface area contributed by atoms with Crippen LogP contribution in [0.25, 0.3) is 5.76 Å². The molecule has 1 aliphatic rings. The van der Waals surface area contributed by atoms with Crippen LogP contribution in [0, 0.1) is 6.92 Å². The Kier molecular flexibility index (Phi) is 7.75. The summed E-state index contributed by atoms with van der Waals surface area (Å²) in [7, 11) is 0. The lowest BCUT2D eigenvalue weighted by Crippen LogP contribution is -2.29. The molecule has 0 saturated carbocycles. The lowest BCUT2D eigenvalue weighted by atomic mass is 9.95. The molecule has 190 valence electrons. The van der Waals surface area contributed by atoms with Gasteiger partial charge in [0.25, 0.3) is 5.78 Å². The lowest BCUT2D eigenvalue weighted by Gasteiger charge is -2.23. The number of aliphatic hydroxyl groups is 1. The van der Waals surface area contributed by atoms with E-state index in [1.165, 1.54) is 4.90 Å². The number of aromatic nitrogens is 1. The molecule has 8 nitrogen and oxygen atoms in total. The van der Waals surface area contributed by atoms with Gasteiger partial charge in [0.2, 0.25) is 0 Å². The molecule has 1 saturated heterocycles. The number of ether oxygens (including phenoxy) is 2. The molecule has 1 unspecified atom stereocenters. The van der Waals surface area contributed by atoms with Gasteiger partial charge in [0, 0.05) is 10.6 Å². The third-order valence-electron chi connectivity index (χ3n) is 5.56. The number of rotatable bonds is 8. The molecular formula is C27H23ClN2O6S. The summed E-state index contributed by atoms with van der Waals surface area (Å²) in [6.45, 7) is 7.38. The van der Waals surface area contributed by atoms with Crippen LogP contribution in [0.1, 0.15) is 39.5 Å². The van der Waals surface area contributed by atoms with Crippen LogP contribution >= 0.6 is 22.9 Å². The summed E-state index contributed by atoms with van der Waals surface area (Å²) >= 11 is 6.93. The van der Waals surface area contributed by atoms with E-state index in [0.29, 0.717) is 27.6 Å². The van der Waals surface area contributed by atoms with Gasteiger partial charge < -0.3 is 14.6 Å². The minimum atomic E-state index is -1.04. The Hall–Kier alpha value is -3.95. The van der Waals surface area contributed by atoms with E-state index in [0.717, 1.165) is 11.3 Å². The molecule has 1 fully saturated rings. The van der Waals surface area contributed by atoms with Crippen LogP contribution in [-0.2, 0) is 14.3 Å². The summed E-state index contributed by atoms with van der Waals surface area (Å²) in [4.78, 5) is 45.0. The molecule has 0 bridgehead atoms. The third kappa shape index (κ3) is 5.14. The van der Waals surface area contributed by atoms with Gasteiger partial charge in [0.05, 0.1) is 23.9 Å². The summed E-state index contributed by atoms with van der Waals surface area (Å²) in [5.41, 5.74) is 1.05. The molecule has 3 aromatic rings. The highest BCUT2D eigenvalue weighted by Gasteiger charge is 2.48. The Morgan fingerprint density at radius 2 is 1.97 bits per heavy atom. The Morgan fingerprint density at radius 3 is 2.65 bits per heavy atom. The van der Waals surface area contributed by atoms with Crippen molar-refractivity contribution in [2.75, 3.05) is 18.1 Å². The molecular weight excluding hydrogens is 516 g/mol. The molecule has 1 aliphatic heterocycles. The Morgan fingerprint density at radius 1 is 1.24 bits per heavy atom. The highest BCUT2D eigenvalue weighted by atomic mass is 35.5. The van der Waals surface area contributed by atoms with Gasteiger partial charge in [-0.1, -0.05) is 47.7 Å². The van der Waals surface area contributed by atoms with Gasteiger partial charge in [-0.2, -0.15) is 0 Å². The molecule has 0 radical (unpaired) electrons. The van der Waals surface area contributed by atoms with Gasteiger partial charge >= 0.3 is 11.9 Å². The maximum Gasteiger partial charge on any atom is 0.350 e. The number of aliphatic hydroxyl groups excluding tert-OH is 1. The SMILES string of the molecule is C=CCOc1cccc(C2/C(=C(\O)c3ccc(Cl)cc3)C(=O)C(=O)N2c2nc(C)c(C(=O)OCC)s2)c1. The van der Waals surface area contributed by atoms with Gasteiger partial charge in [-0.15, -0.1) is 0 Å². The van der Waals surface area contributed by atoms with Gasteiger partial charge in [-0.3, -0.25) is 14.5 Å². The van der Waals surface area contributed by atoms with Gasteiger partial charge in [-0.05, 0) is 55.8 Å². The molecule has 2 aromatic carbocycles. The van der Waals surface area contributed by atoms with Crippen LogP contribution in [0.2, 0.25) is 5.02 Å². The fraction of sp³-hybridized carbons (Fsp3) is 0.185. The van der Waals surface area contributed by atoms with Crippen molar-refractivity contribution < 1.29 is 29.0 Å². The minimum absolute atomic E-state index is 0.125. The molecule has 1 aromatic heterocycles. The summed E-state index contributed by atoms with van der Waals surface area (Å²) in [6, 6.07) is 12.0. The van der Waals surface area contributed by atoms with E-state index in [9.17, 15) is 19.5 Å². The fourth-order valence-corrected chi connectivity index (χ4v) is 5.02. The van der Waals surface area contributed by atoms with E-state index >= 15 is 0 Å². The number of esters is 1. The van der Waals surface area contributed by atoms with Gasteiger partial charge in [0.15, 0.2) is 5.13 Å². The number of anilines is 1. The first-order valence-electron chi connectivity index (χ1n) is 11.3. The molecule has 10 heteroatoms. The predicted molar refractivity (Wildman–Crippen MR) is 141 cm³/mol. The molecule has 4 rings (SSSR count). The molecule has 37 heavy (non-hydrogen) atoms. The van der Waals surface area contributed by atoms with Gasteiger partial charge in [-0.25, -0.2) is 9.78 Å². The maximum atomic E-state index is 13.4. The number of Topliss-reactive ketones (excluding diaryl/α,β-unsaturated/α-hetero) is 1. The summed E-state index contributed by atoms with van der Waals surface area (Å²) in [6.07, 6.45) is 1.59. The highest BCUT2D eigenvalue weighted by Crippen LogP contribution is 2.44. The molecule has 2 heterocycles. The largest absolute Gasteiger partial charge is 0.507 e. The van der Waals surface area contributed by atoms with Crippen LogP contribution in [0.15, 0.2) is 66.8 Å². The number of halogens is 1. The predicted octanol–water partition coefficient (Wildman–Crippen LogP) is 5.47. The van der Waals surface area contributed by atoms with Crippen molar-refractivity contribution >= 4 is 51.5 Å². The Balaban J connectivity index is 1.90. The first-order valence-corrected chi connectivity index (χ1v) is 12.5. The zero-order valence-electron chi connectivity index (χ0n) is 20.1. The topological polar surface area (TPSA) is 106 Å². The number of carbonyl (C=O) groups is 3. The lowest BCUT2D eigenvalue weighted by molar-refractivity contribution is -0.132. The van der Waals surface area contributed by atoms with E-state index in [2.05, 4.69) is 11.6 Å². The Bertz CT molecular complexity index is 1410. The van der Waals surface area contributed by atoms with Crippen molar-refractivity contribution in [1.82, 2.24) is 4.98 Å². The monoisotopic (exact) mass is 538 g/mol. The second-order valence-electron chi connectivity index (χ2n) is 7.98. The number of thiazole rings is 1. The van der Waals surface area contributed by atoms with E-state index in [-0.39, 0.29) is 34.6 Å². The van der Waals surface area contributed by atoms with Crippen LogP contribution < -0.4 is 9.64 Å². The minimum Gasteiger partial charge on any atom is -0.507 e. The van der Waals surface area contributed by atoms with E-state index in [4.69, 9.17) is 21.1 Å². The normalized spacial score (nSPS) is 16.6. The van der Waals surface area contributed by atoms with Crippen molar-refractivity contribution in [3.63, 3.8) is 0 Å². The summed E-state index contributed by atoms with van der Waals surface area (Å²) in [5.74, 6) is -2.23. The number of amides is 1. The first-order chi connectivity index (χ1) is 17.8. The number of carbonyl (C=O) groups excluding carboxylic acids is 3. The number of benzene rings is 2. The quantitative estimate of drug-likeness (QED) is 0.133. The van der Waals surface area contributed by atoms with Crippen LogP contribution in [0.5, 0.6) is 5.75 Å². The van der Waals surface area contributed by atoms with Crippen molar-refractivity contribution in [3.8, 4) is 5.75 Å². The number of hydrogen-bond acceptors (Lipinski definition) is 8. The smallest absolute Gasteiger partial charge is 0.350 e. The van der Waals surface area contributed by atoms with Crippen molar-refractivity contribution in [1.29, 1.82) is 0 Å². The first kappa shape index (κ1) is 26.1. The van der Waals surface area contributed by atoms with Crippen molar-refractivity contribution in [2.45, 2.75) is 19.9 Å². The van der Waals surface area contributed by atoms with Crippen LogP contribution in [0.3, 0.4) is 0 Å². The third-order valence-corrected chi connectivity index (χ3v) is 6.94.